The van der Waals surface area contributed by atoms with E-state index in [-0.39, 0.29) is 48.1 Å². The molecular weight excluding hydrogens is 896 g/mol. The number of rotatable bonds is 16. The van der Waals surface area contributed by atoms with Crippen LogP contribution in [0, 0.1) is 0 Å². The van der Waals surface area contributed by atoms with E-state index >= 15 is 0 Å². The maximum absolute atomic E-state index is 14.6. The van der Waals surface area contributed by atoms with Crippen molar-refractivity contribution in [2.75, 3.05) is 33.2 Å². The van der Waals surface area contributed by atoms with E-state index in [2.05, 4.69) is 0 Å². The molecule has 50 heavy (non-hydrogen) atoms. The van der Waals surface area contributed by atoms with Crippen molar-refractivity contribution in [2.24, 2.45) is 0 Å². The number of ether oxygens (including phenoxy) is 3. The monoisotopic (exact) mass is 916 g/mol. The van der Waals surface area contributed by atoms with Gasteiger partial charge in [-0.1, -0.05) is 0 Å². The quantitative estimate of drug-likeness (QED) is 0.106. The molecular formula is C20H20F23IN2O4. The lowest BCUT2D eigenvalue weighted by molar-refractivity contribution is -0.906. The number of alkyl halides is 23. The molecule has 0 aromatic rings. The fourth-order valence-electron chi connectivity index (χ4n) is 3.00. The average molecular weight is 916 g/mol. The fraction of sp³-hybridized carbons (Fsp3) is 0.950. The van der Waals surface area contributed by atoms with E-state index in [1.165, 1.54) is 11.8 Å². The highest BCUT2D eigenvalue weighted by Crippen LogP contribution is 2.59. The summed E-state index contributed by atoms with van der Waals surface area (Å²) in [6.07, 6.45) is -58.0. The molecule has 0 saturated heterocycles. The zero-order chi connectivity index (χ0) is 39.9. The zero-order valence-corrected chi connectivity index (χ0v) is 26.3. The molecule has 0 heterocycles. The maximum atomic E-state index is 14.6. The third-order valence-electron chi connectivity index (χ3n) is 6.35. The average Bonchev–Trinajstić information content (AvgIpc) is 2.87. The van der Waals surface area contributed by atoms with Crippen LogP contribution in [-0.2, 0) is 19.0 Å². The van der Waals surface area contributed by atoms with Crippen LogP contribution in [0.4, 0.5) is 101 Å². The molecule has 0 fully saturated rings. The first-order chi connectivity index (χ1) is 21.1. The van der Waals surface area contributed by atoms with Crippen LogP contribution >= 0.6 is 0 Å². The first kappa shape index (κ1) is 50.5. The second-order valence-electron chi connectivity index (χ2n) is 9.79. The Labute approximate surface area is 280 Å². The molecule has 0 aliphatic rings. The molecule has 1 amide bonds. The van der Waals surface area contributed by atoms with Crippen LogP contribution in [0.3, 0.4) is 0 Å². The molecule has 1 N–H and O–H groups in total. The lowest BCUT2D eigenvalue weighted by Crippen LogP contribution is -3.00. The predicted octanol–water partition coefficient (Wildman–Crippen LogP) is 4.69. The molecule has 302 valence electrons. The molecule has 0 aliphatic heterocycles. The number of hydrogen-bond acceptors (Lipinski definition) is 4. The molecule has 0 radical (unpaired) electrons. The normalized spacial score (nSPS) is 18.4. The van der Waals surface area contributed by atoms with E-state index in [9.17, 15) is 106 Å². The summed E-state index contributed by atoms with van der Waals surface area (Å²) in [5.41, 5.74) is 0. The molecule has 0 rings (SSSR count). The van der Waals surface area contributed by atoms with Crippen molar-refractivity contribution in [1.82, 2.24) is 5.32 Å². The smallest absolute Gasteiger partial charge is 0.462 e. The summed E-state index contributed by atoms with van der Waals surface area (Å²) < 4.78 is 312. The van der Waals surface area contributed by atoms with Crippen molar-refractivity contribution in [3.8, 4) is 0 Å². The van der Waals surface area contributed by atoms with Crippen LogP contribution in [0.2, 0.25) is 0 Å². The van der Waals surface area contributed by atoms with Gasteiger partial charge in [-0.25, -0.2) is 0 Å². The van der Waals surface area contributed by atoms with Gasteiger partial charge in [0.2, 0.25) is 0 Å². The van der Waals surface area contributed by atoms with E-state index in [4.69, 9.17) is 0 Å². The standard InChI is InChI=1S/C20H19F23N2O4.HI/c1-4-45(3,5-2)8-6-7-44-9(46)10(21,14(26,27)28)47-19(40,41)12(24,16(32,33)34)49-20(42,43)13(25,17(35,36)37)48-18(38,39)11(22,23)15(29,30)31;/h4-8H2,1-3H3;1H. The zero-order valence-electron chi connectivity index (χ0n) is 24.2. The minimum absolute atomic E-state index is 0. The van der Waals surface area contributed by atoms with Gasteiger partial charge in [0, 0.05) is 13.0 Å². The van der Waals surface area contributed by atoms with Crippen LogP contribution in [-0.4, -0.2) is 110 Å². The van der Waals surface area contributed by atoms with Gasteiger partial charge in [-0.3, -0.25) is 19.0 Å². The van der Waals surface area contributed by atoms with Gasteiger partial charge in [-0.2, -0.15) is 101 Å². The number of carbonyl (C=O) groups excluding carboxylic acids is 1. The van der Waals surface area contributed by atoms with Gasteiger partial charge >= 0.3 is 66.5 Å². The van der Waals surface area contributed by atoms with Gasteiger partial charge in [-0.15, -0.1) is 0 Å². The van der Waals surface area contributed by atoms with Crippen molar-refractivity contribution >= 4 is 5.91 Å². The molecule has 0 bridgehead atoms. The molecule has 0 spiro atoms. The second-order valence-corrected chi connectivity index (χ2v) is 9.79. The first-order valence-electron chi connectivity index (χ1n) is 12.2. The Morgan fingerprint density at radius 2 is 0.880 bits per heavy atom. The van der Waals surface area contributed by atoms with Crippen LogP contribution in [0.15, 0.2) is 0 Å². The summed E-state index contributed by atoms with van der Waals surface area (Å²) in [5.74, 6) is -36.1. The van der Waals surface area contributed by atoms with Gasteiger partial charge in [-0.05, 0) is 13.8 Å². The first-order valence-corrected chi connectivity index (χ1v) is 12.2. The Balaban J connectivity index is 0. The van der Waals surface area contributed by atoms with Crippen molar-refractivity contribution in [1.29, 1.82) is 0 Å². The number of nitrogens with zero attached hydrogens (tertiary/aromatic N) is 1. The lowest BCUT2D eigenvalue weighted by atomic mass is 10.2. The molecule has 30 heteroatoms. The Hall–Kier alpha value is -1.57. The van der Waals surface area contributed by atoms with Crippen molar-refractivity contribution in [3.63, 3.8) is 0 Å². The summed E-state index contributed by atoms with van der Waals surface area (Å²) in [6.45, 7) is 2.39. The summed E-state index contributed by atoms with van der Waals surface area (Å²) in [6, 6.07) is 0. The van der Waals surface area contributed by atoms with Crippen LogP contribution in [0.25, 0.3) is 0 Å². The van der Waals surface area contributed by atoms with Crippen molar-refractivity contribution < 1.29 is 148 Å². The molecule has 3 unspecified atom stereocenters. The van der Waals surface area contributed by atoms with Gasteiger partial charge in [0.25, 0.3) is 5.91 Å². The van der Waals surface area contributed by atoms with E-state index in [0.29, 0.717) is 0 Å². The second kappa shape index (κ2) is 15.0. The predicted molar refractivity (Wildman–Crippen MR) is 109 cm³/mol. The van der Waals surface area contributed by atoms with Crippen molar-refractivity contribution in [2.45, 2.75) is 86.8 Å². The van der Waals surface area contributed by atoms with Crippen molar-refractivity contribution in [3.05, 3.63) is 0 Å². The van der Waals surface area contributed by atoms with Gasteiger partial charge in [0.15, 0.2) is 0 Å². The lowest BCUT2D eigenvalue weighted by Gasteiger charge is -2.42. The molecule has 0 aliphatic carbocycles. The minimum atomic E-state index is -8.74. The molecule has 0 aromatic heterocycles. The van der Waals surface area contributed by atoms with Crippen LogP contribution < -0.4 is 29.3 Å². The largest absolute Gasteiger partial charge is 1.00 e. The number of hydrogen-bond donors (Lipinski definition) is 1. The number of amides is 1. The Bertz CT molecular complexity index is 1140. The van der Waals surface area contributed by atoms with Crippen LogP contribution in [0.5, 0.6) is 0 Å². The van der Waals surface area contributed by atoms with Gasteiger partial charge in [0.1, 0.15) is 0 Å². The van der Waals surface area contributed by atoms with Gasteiger partial charge in [0.05, 0.1) is 26.7 Å². The molecule has 0 saturated carbocycles. The van der Waals surface area contributed by atoms with Gasteiger partial charge < -0.3 is 33.8 Å². The number of halogens is 24. The Morgan fingerprint density at radius 3 is 1.18 bits per heavy atom. The molecule has 6 nitrogen and oxygen atoms in total. The number of nitrogens with one attached hydrogen (secondary N) is 1. The van der Waals surface area contributed by atoms with E-state index in [1.54, 1.807) is 13.8 Å². The Kier molecular flexibility index (Phi) is 15.2. The number of quaternary nitrogens is 1. The van der Waals surface area contributed by atoms with E-state index < -0.39 is 85.4 Å². The Morgan fingerprint density at radius 1 is 0.540 bits per heavy atom. The summed E-state index contributed by atoms with van der Waals surface area (Å²) >= 11 is 0. The number of carbonyl (C=O) groups is 1. The highest BCUT2D eigenvalue weighted by Gasteiger charge is 2.88. The third kappa shape index (κ3) is 9.69. The molecule has 3 atom stereocenters. The third-order valence-corrected chi connectivity index (χ3v) is 6.35. The van der Waals surface area contributed by atoms with Crippen LogP contribution in [0.1, 0.15) is 20.3 Å². The fourth-order valence-corrected chi connectivity index (χ4v) is 3.00. The highest BCUT2D eigenvalue weighted by molar-refractivity contribution is 5.84. The SMILES string of the molecule is CC[N+](C)(CC)CCCNC(=O)C(F)(OC(F)(F)C(F)(OC(F)(F)C(F)(OC(F)(F)C(F)(F)C(F)(F)F)C(F)(F)F)C(F)(F)F)C(F)(F)F.[I-]. The minimum Gasteiger partial charge on any atom is -1.00 e. The topological polar surface area (TPSA) is 56.8 Å². The molecule has 0 aromatic carbocycles. The summed E-state index contributed by atoms with van der Waals surface area (Å²) in [5, 5.41) is 0.838. The summed E-state index contributed by atoms with van der Waals surface area (Å²) in [7, 11) is 1.49. The van der Waals surface area contributed by atoms with E-state index in [0.717, 1.165) is 10.1 Å². The maximum Gasteiger partial charge on any atom is 0.462 e. The summed E-state index contributed by atoms with van der Waals surface area (Å²) in [4.78, 5) is 11.8. The van der Waals surface area contributed by atoms with E-state index in [1.807, 2.05) is 4.74 Å². The highest BCUT2D eigenvalue weighted by atomic mass is 127.